The van der Waals surface area contributed by atoms with Crippen molar-refractivity contribution in [3.8, 4) is 0 Å². The van der Waals surface area contributed by atoms with Crippen LogP contribution in [0.4, 0.5) is 0 Å². The van der Waals surface area contributed by atoms with Gasteiger partial charge in [-0.05, 0) is 36.6 Å². The van der Waals surface area contributed by atoms with Crippen LogP contribution in [0.25, 0.3) is 0 Å². The van der Waals surface area contributed by atoms with Crippen molar-refractivity contribution in [1.82, 2.24) is 4.72 Å². The van der Waals surface area contributed by atoms with Gasteiger partial charge in [0.2, 0.25) is 10.0 Å². The van der Waals surface area contributed by atoms with Gasteiger partial charge in [0.1, 0.15) is 0 Å². The van der Waals surface area contributed by atoms with E-state index in [0.29, 0.717) is 11.4 Å². The van der Waals surface area contributed by atoms with E-state index in [9.17, 15) is 8.42 Å². The Kier molecular flexibility index (Phi) is 4.02. The lowest BCUT2D eigenvalue weighted by atomic mass is 10.2. The van der Waals surface area contributed by atoms with Gasteiger partial charge in [0.15, 0.2) is 0 Å². The van der Waals surface area contributed by atoms with E-state index in [1.54, 1.807) is 13.0 Å². The van der Waals surface area contributed by atoms with Crippen LogP contribution in [0.1, 0.15) is 16.7 Å². The molecule has 2 rings (SSSR count). The summed E-state index contributed by atoms with van der Waals surface area (Å²) in [6, 6.07) is 14.9. The second-order valence-electron chi connectivity index (χ2n) is 4.58. The number of benzene rings is 2. The molecule has 0 bridgehead atoms. The molecule has 19 heavy (non-hydrogen) atoms. The first kappa shape index (κ1) is 13.8. The van der Waals surface area contributed by atoms with Gasteiger partial charge in [-0.2, -0.15) is 0 Å². The average molecular weight is 275 g/mol. The zero-order valence-electron chi connectivity index (χ0n) is 11.1. The average Bonchev–Trinajstić information content (AvgIpc) is 2.40. The molecule has 100 valence electrons. The van der Waals surface area contributed by atoms with E-state index in [-0.39, 0.29) is 0 Å². The quantitative estimate of drug-likeness (QED) is 0.932. The van der Waals surface area contributed by atoms with Crippen LogP contribution in [0.3, 0.4) is 0 Å². The number of hydrogen-bond donors (Lipinski definition) is 1. The fourth-order valence-electron chi connectivity index (χ4n) is 1.85. The molecule has 0 aliphatic carbocycles. The van der Waals surface area contributed by atoms with Gasteiger partial charge < -0.3 is 0 Å². The first-order chi connectivity index (χ1) is 8.99. The lowest BCUT2D eigenvalue weighted by Gasteiger charge is -2.10. The van der Waals surface area contributed by atoms with Crippen LogP contribution >= 0.6 is 0 Å². The van der Waals surface area contributed by atoms with Crippen molar-refractivity contribution in [3.05, 3.63) is 65.2 Å². The summed E-state index contributed by atoms with van der Waals surface area (Å²) in [7, 11) is -3.46. The molecule has 0 saturated heterocycles. The Labute approximate surface area is 114 Å². The topological polar surface area (TPSA) is 46.2 Å². The van der Waals surface area contributed by atoms with Crippen molar-refractivity contribution in [2.24, 2.45) is 0 Å². The van der Waals surface area contributed by atoms with Crippen molar-refractivity contribution in [3.63, 3.8) is 0 Å². The molecule has 0 aliphatic heterocycles. The Morgan fingerprint density at radius 3 is 2.37 bits per heavy atom. The van der Waals surface area contributed by atoms with E-state index < -0.39 is 10.0 Å². The second kappa shape index (κ2) is 5.55. The van der Waals surface area contributed by atoms with Gasteiger partial charge in [-0.3, -0.25) is 0 Å². The highest BCUT2D eigenvalue weighted by atomic mass is 32.2. The van der Waals surface area contributed by atoms with Crippen LogP contribution in [0.2, 0.25) is 0 Å². The fraction of sp³-hybridized carbons (Fsp3) is 0.200. The summed E-state index contributed by atoms with van der Waals surface area (Å²) in [6.45, 7) is 3.99. The van der Waals surface area contributed by atoms with E-state index in [0.717, 1.165) is 16.7 Å². The third-order valence-electron chi connectivity index (χ3n) is 2.94. The van der Waals surface area contributed by atoms with Crippen molar-refractivity contribution < 1.29 is 8.42 Å². The second-order valence-corrected chi connectivity index (χ2v) is 6.31. The summed E-state index contributed by atoms with van der Waals surface area (Å²) in [5.41, 5.74) is 2.63. The summed E-state index contributed by atoms with van der Waals surface area (Å²) in [6.07, 6.45) is 0. The molecule has 0 amide bonds. The van der Waals surface area contributed by atoms with Gasteiger partial charge in [0, 0.05) is 6.54 Å². The molecule has 0 unspecified atom stereocenters. The molecule has 2 aromatic carbocycles. The van der Waals surface area contributed by atoms with Crippen molar-refractivity contribution in [2.75, 3.05) is 0 Å². The van der Waals surface area contributed by atoms with E-state index in [1.807, 2.05) is 49.4 Å². The molecule has 0 fully saturated rings. The van der Waals surface area contributed by atoms with Gasteiger partial charge in [-0.1, -0.05) is 42.5 Å². The molecule has 4 heteroatoms. The summed E-state index contributed by atoms with van der Waals surface area (Å²) in [5, 5.41) is 0. The summed E-state index contributed by atoms with van der Waals surface area (Å²) in [4.78, 5) is 0.350. The Morgan fingerprint density at radius 2 is 1.68 bits per heavy atom. The van der Waals surface area contributed by atoms with Crippen LogP contribution in [0.15, 0.2) is 53.4 Å². The lowest BCUT2D eigenvalue weighted by molar-refractivity contribution is 0.580. The number of hydrogen-bond acceptors (Lipinski definition) is 2. The van der Waals surface area contributed by atoms with Crippen LogP contribution in [0.5, 0.6) is 0 Å². The SMILES string of the molecule is Cc1ccc(C)c(S(=O)(=O)NCc2ccccc2)c1. The van der Waals surface area contributed by atoms with Gasteiger partial charge >= 0.3 is 0 Å². The molecule has 1 N–H and O–H groups in total. The van der Waals surface area contributed by atoms with Crippen molar-refractivity contribution in [1.29, 1.82) is 0 Å². The standard InChI is InChI=1S/C15H17NO2S/c1-12-8-9-13(2)15(10-12)19(17,18)16-11-14-6-4-3-5-7-14/h3-10,16H,11H2,1-2H3. The summed E-state index contributed by atoms with van der Waals surface area (Å²) >= 11 is 0. The molecule has 3 nitrogen and oxygen atoms in total. The van der Waals surface area contributed by atoms with E-state index in [2.05, 4.69) is 4.72 Å². The molecule has 0 radical (unpaired) electrons. The van der Waals surface area contributed by atoms with Crippen LogP contribution in [-0.2, 0) is 16.6 Å². The largest absolute Gasteiger partial charge is 0.241 e. The van der Waals surface area contributed by atoms with Gasteiger partial charge in [-0.25, -0.2) is 13.1 Å². The minimum Gasteiger partial charge on any atom is -0.207 e. The maximum absolute atomic E-state index is 12.3. The molecular weight excluding hydrogens is 258 g/mol. The molecular formula is C15H17NO2S. The molecule has 0 spiro atoms. The third kappa shape index (κ3) is 3.43. The van der Waals surface area contributed by atoms with E-state index in [1.165, 1.54) is 0 Å². The molecule has 0 atom stereocenters. The maximum atomic E-state index is 12.3. The highest BCUT2D eigenvalue weighted by Gasteiger charge is 2.16. The smallest absolute Gasteiger partial charge is 0.207 e. The highest BCUT2D eigenvalue weighted by molar-refractivity contribution is 7.89. The van der Waals surface area contributed by atoms with Crippen molar-refractivity contribution >= 4 is 10.0 Å². The third-order valence-corrected chi connectivity index (χ3v) is 4.49. The van der Waals surface area contributed by atoms with Gasteiger partial charge in [0.05, 0.1) is 4.90 Å². The molecule has 0 saturated carbocycles. The minimum atomic E-state index is -3.46. The maximum Gasteiger partial charge on any atom is 0.241 e. The first-order valence-corrected chi connectivity index (χ1v) is 7.58. The van der Waals surface area contributed by atoms with E-state index in [4.69, 9.17) is 0 Å². The molecule has 0 aromatic heterocycles. The fourth-order valence-corrected chi connectivity index (χ4v) is 3.19. The number of nitrogens with one attached hydrogen (secondary N) is 1. The zero-order chi connectivity index (χ0) is 13.9. The zero-order valence-corrected chi connectivity index (χ0v) is 11.9. The summed E-state index contributed by atoms with van der Waals surface area (Å²) in [5.74, 6) is 0. The Hall–Kier alpha value is -1.65. The normalized spacial score (nSPS) is 11.5. The Morgan fingerprint density at radius 1 is 1.00 bits per heavy atom. The monoisotopic (exact) mass is 275 g/mol. The van der Waals surface area contributed by atoms with Crippen LogP contribution in [-0.4, -0.2) is 8.42 Å². The minimum absolute atomic E-state index is 0.302. The number of aryl methyl sites for hydroxylation is 2. The summed E-state index contributed by atoms with van der Waals surface area (Å²) < 4.78 is 27.2. The predicted octanol–water partition coefficient (Wildman–Crippen LogP) is 2.78. The first-order valence-electron chi connectivity index (χ1n) is 6.10. The van der Waals surface area contributed by atoms with Crippen LogP contribution < -0.4 is 4.72 Å². The number of rotatable bonds is 4. The predicted molar refractivity (Wildman–Crippen MR) is 76.4 cm³/mol. The Bertz CT molecular complexity index is 664. The van der Waals surface area contributed by atoms with Gasteiger partial charge in [0.25, 0.3) is 0 Å². The number of sulfonamides is 1. The highest BCUT2D eigenvalue weighted by Crippen LogP contribution is 2.16. The van der Waals surface area contributed by atoms with Gasteiger partial charge in [-0.15, -0.1) is 0 Å². The van der Waals surface area contributed by atoms with Crippen LogP contribution in [0, 0.1) is 13.8 Å². The van der Waals surface area contributed by atoms with E-state index >= 15 is 0 Å². The molecule has 0 heterocycles. The molecule has 2 aromatic rings. The lowest BCUT2D eigenvalue weighted by Crippen LogP contribution is -2.24. The molecule has 0 aliphatic rings. The Balaban J connectivity index is 2.21. The van der Waals surface area contributed by atoms with Crippen molar-refractivity contribution in [2.45, 2.75) is 25.3 Å².